The zero-order valence-corrected chi connectivity index (χ0v) is 19.9. The largest absolute Gasteiger partial charge is 0.497 e. The molecule has 1 heterocycles. The van der Waals surface area contributed by atoms with Gasteiger partial charge in [-0.05, 0) is 67.2 Å². The maximum atomic E-state index is 13.4. The van der Waals surface area contributed by atoms with Crippen LogP contribution in [0.25, 0.3) is 6.08 Å². The second-order valence-electron chi connectivity index (χ2n) is 6.95. The van der Waals surface area contributed by atoms with Crippen molar-refractivity contribution in [2.45, 2.75) is 6.92 Å². The summed E-state index contributed by atoms with van der Waals surface area (Å²) in [6.07, 6.45) is 6.91. The van der Waals surface area contributed by atoms with Crippen molar-refractivity contribution in [1.29, 1.82) is 0 Å². The van der Waals surface area contributed by atoms with E-state index in [2.05, 4.69) is 5.92 Å². The lowest BCUT2D eigenvalue weighted by Gasteiger charge is -2.19. The third kappa shape index (κ3) is 5.30. The quantitative estimate of drug-likeness (QED) is 0.234. The molecule has 0 N–H and O–H groups in total. The average molecular weight is 481 g/mol. The molecule has 1 aliphatic rings. The fraction of sp³-hybridized carbons (Fsp3) is 0.240. The lowest BCUT2D eigenvalue weighted by Crippen LogP contribution is -2.35. The van der Waals surface area contributed by atoms with Crippen molar-refractivity contribution in [3.8, 4) is 29.6 Å². The molecule has 1 aliphatic heterocycles. The number of hydrogen-bond donors (Lipinski definition) is 0. The van der Waals surface area contributed by atoms with E-state index in [0.717, 1.165) is 0 Å². The first-order valence-corrected chi connectivity index (χ1v) is 10.8. The van der Waals surface area contributed by atoms with E-state index >= 15 is 0 Å². The Morgan fingerprint density at radius 2 is 1.85 bits per heavy atom. The number of ether oxygens (including phenoxy) is 4. The van der Waals surface area contributed by atoms with Crippen LogP contribution < -0.4 is 19.1 Å². The number of carbonyl (C=O) groups excluding carboxylic acids is 2. The summed E-state index contributed by atoms with van der Waals surface area (Å²) in [4.78, 5) is 28.3. The van der Waals surface area contributed by atoms with Crippen molar-refractivity contribution < 1.29 is 28.5 Å². The van der Waals surface area contributed by atoms with Crippen LogP contribution in [-0.4, -0.2) is 55.9 Å². The van der Waals surface area contributed by atoms with Crippen LogP contribution in [0.15, 0.2) is 48.2 Å². The number of methoxy groups -OCH3 is 2. The van der Waals surface area contributed by atoms with Crippen LogP contribution in [0, 0.1) is 12.3 Å². The number of amides is 1. The van der Waals surface area contributed by atoms with Crippen LogP contribution in [0.3, 0.4) is 0 Å². The van der Waals surface area contributed by atoms with Gasteiger partial charge in [0.2, 0.25) is 0 Å². The maximum absolute atomic E-state index is 13.4. The molecular weight excluding hydrogens is 456 g/mol. The van der Waals surface area contributed by atoms with Crippen molar-refractivity contribution >= 4 is 41.0 Å². The molecule has 0 radical (unpaired) electrons. The SMILES string of the molecule is C#CCOc1ccc(/C=C2/C(=O)N(c3ccc(OC)cc3)C(=S)N2CC(=O)OC)cc1OCC. The summed E-state index contributed by atoms with van der Waals surface area (Å²) in [7, 11) is 2.83. The van der Waals surface area contributed by atoms with E-state index in [0.29, 0.717) is 35.1 Å². The van der Waals surface area contributed by atoms with Crippen LogP contribution in [0.2, 0.25) is 0 Å². The second kappa shape index (κ2) is 11.2. The van der Waals surface area contributed by atoms with Crippen molar-refractivity contribution in [2.75, 3.05) is 38.9 Å². The number of esters is 1. The van der Waals surface area contributed by atoms with Gasteiger partial charge in [-0.25, -0.2) is 0 Å². The van der Waals surface area contributed by atoms with Gasteiger partial charge in [0.15, 0.2) is 16.6 Å². The van der Waals surface area contributed by atoms with E-state index in [-0.39, 0.29) is 29.9 Å². The molecule has 3 rings (SSSR count). The number of anilines is 1. The zero-order valence-electron chi connectivity index (χ0n) is 19.1. The Morgan fingerprint density at radius 1 is 1.12 bits per heavy atom. The normalized spacial score (nSPS) is 14.2. The number of benzene rings is 2. The number of thiocarbonyl (C=S) groups is 1. The lowest BCUT2D eigenvalue weighted by molar-refractivity contribution is -0.140. The summed E-state index contributed by atoms with van der Waals surface area (Å²) < 4.78 is 21.2. The van der Waals surface area contributed by atoms with Crippen LogP contribution >= 0.6 is 12.2 Å². The summed E-state index contributed by atoms with van der Waals surface area (Å²) in [5, 5.41) is 0.158. The minimum Gasteiger partial charge on any atom is -0.497 e. The van der Waals surface area contributed by atoms with Gasteiger partial charge in [-0.2, -0.15) is 0 Å². The smallest absolute Gasteiger partial charge is 0.325 e. The second-order valence-corrected chi connectivity index (χ2v) is 7.31. The minimum atomic E-state index is -0.536. The van der Waals surface area contributed by atoms with Crippen molar-refractivity contribution in [3.63, 3.8) is 0 Å². The van der Waals surface area contributed by atoms with Gasteiger partial charge in [-0.3, -0.25) is 14.5 Å². The van der Waals surface area contributed by atoms with E-state index < -0.39 is 5.97 Å². The summed E-state index contributed by atoms with van der Waals surface area (Å²) in [5.74, 6) is 3.10. The summed E-state index contributed by atoms with van der Waals surface area (Å²) in [6.45, 7) is 2.13. The summed E-state index contributed by atoms with van der Waals surface area (Å²) in [5.41, 5.74) is 1.40. The van der Waals surface area contributed by atoms with Crippen LogP contribution in [0.1, 0.15) is 12.5 Å². The third-order valence-corrected chi connectivity index (χ3v) is 5.27. The highest BCUT2D eigenvalue weighted by atomic mass is 32.1. The Morgan fingerprint density at radius 3 is 2.47 bits per heavy atom. The Balaban J connectivity index is 2.02. The molecule has 1 amide bonds. The minimum absolute atomic E-state index is 0.0942. The summed E-state index contributed by atoms with van der Waals surface area (Å²) >= 11 is 5.57. The van der Waals surface area contributed by atoms with E-state index in [9.17, 15) is 9.59 Å². The van der Waals surface area contributed by atoms with E-state index in [4.69, 9.17) is 37.6 Å². The van der Waals surface area contributed by atoms with Crippen LogP contribution in [-0.2, 0) is 14.3 Å². The maximum Gasteiger partial charge on any atom is 0.325 e. The highest BCUT2D eigenvalue weighted by Crippen LogP contribution is 2.33. The van der Waals surface area contributed by atoms with E-state index in [1.54, 1.807) is 55.7 Å². The molecule has 0 unspecified atom stereocenters. The number of carbonyl (C=O) groups is 2. The first-order chi connectivity index (χ1) is 16.4. The highest BCUT2D eigenvalue weighted by Gasteiger charge is 2.40. The molecule has 34 heavy (non-hydrogen) atoms. The topological polar surface area (TPSA) is 77.5 Å². The van der Waals surface area contributed by atoms with Crippen molar-refractivity contribution in [2.24, 2.45) is 0 Å². The monoisotopic (exact) mass is 480 g/mol. The van der Waals surface area contributed by atoms with Crippen molar-refractivity contribution in [3.05, 3.63) is 53.7 Å². The first-order valence-electron chi connectivity index (χ1n) is 10.3. The molecule has 176 valence electrons. The number of rotatable bonds is 9. The standard InChI is InChI=1S/C25H24N2O6S/c1-5-13-33-21-12-7-17(15-22(21)32-6-2)14-20-24(29)27(18-8-10-19(30-3)11-9-18)25(34)26(20)16-23(28)31-4/h1,7-12,14-15H,6,13,16H2,2-4H3/b20-14-. The predicted octanol–water partition coefficient (Wildman–Crippen LogP) is 3.25. The Kier molecular flexibility index (Phi) is 8.11. The third-order valence-electron chi connectivity index (χ3n) is 4.86. The molecular formula is C25H24N2O6S. The number of terminal acetylenes is 1. The fourth-order valence-corrected chi connectivity index (χ4v) is 3.62. The Hall–Kier alpha value is -4.03. The molecule has 0 saturated carbocycles. The van der Waals surface area contributed by atoms with Gasteiger partial charge < -0.3 is 23.8 Å². The molecule has 2 aromatic rings. The molecule has 0 aliphatic carbocycles. The molecule has 0 bridgehead atoms. The zero-order chi connectivity index (χ0) is 24.7. The molecule has 1 fully saturated rings. The molecule has 0 spiro atoms. The first kappa shape index (κ1) is 24.6. The van der Waals surface area contributed by atoms with Crippen LogP contribution in [0.5, 0.6) is 17.2 Å². The van der Waals surface area contributed by atoms with Gasteiger partial charge in [-0.1, -0.05) is 12.0 Å². The molecule has 0 aromatic heterocycles. The Bertz CT molecular complexity index is 1150. The molecule has 8 nitrogen and oxygen atoms in total. The molecule has 1 saturated heterocycles. The lowest BCUT2D eigenvalue weighted by atomic mass is 10.1. The van der Waals surface area contributed by atoms with Crippen LogP contribution in [0.4, 0.5) is 5.69 Å². The van der Waals surface area contributed by atoms with Gasteiger partial charge in [-0.15, -0.1) is 6.42 Å². The van der Waals surface area contributed by atoms with E-state index in [1.165, 1.54) is 16.9 Å². The van der Waals surface area contributed by atoms with Gasteiger partial charge in [0.25, 0.3) is 5.91 Å². The van der Waals surface area contributed by atoms with E-state index in [1.807, 2.05) is 6.92 Å². The Labute approximate surface area is 203 Å². The number of nitrogens with zero attached hydrogens (tertiary/aromatic N) is 2. The van der Waals surface area contributed by atoms with Gasteiger partial charge >= 0.3 is 5.97 Å². The summed E-state index contributed by atoms with van der Waals surface area (Å²) in [6, 6.07) is 12.1. The fourth-order valence-electron chi connectivity index (χ4n) is 3.26. The van der Waals surface area contributed by atoms with Crippen molar-refractivity contribution in [1.82, 2.24) is 4.90 Å². The molecule has 2 aromatic carbocycles. The number of hydrogen-bond acceptors (Lipinski definition) is 7. The average Bonchev–Trinajstić information content (AvgIpc) is 3.07. The molecule has 0 atom stereocenters. The van der Waals surface area contributed by atoms with Gasteiger partial charge in [0.05, 0.1) is 26.5 Å². The van der Waals surface area contributed by atoms with Gasteiger partial charge in [0, 0.05) is 0 Å². The molecule has 9 heteroatoms. The highest BCUT2D eigenvalue weighted by molar-refractivity contribution is 7.80. The van der Waals surface area contributed by atoms with Gasteiger partial charge in [0.1, 0.15) is 24.6 Å². The predicted molar refractivity (Wildman–Crippen MR) is 132 cm³/mol.